The minimum absolute atomic E-state index is 0.311. The van der Waals surface area contributed by atoms with Gasteiger partial charge in [0.25, 0.3) is 0 Å². The molecule has 0 aromatic heterocycles. The van der Waals surface area contributed by atoms with Crippen LogP contribution < -0.4 is 5.32 Å². The van der Waals surface area contributed by atoms with E-state index in [1.807, 2.05) is 6.07 Å². The highest BCUT2D eigenvalue weighted by Gasteiger charge is 2.25. The number of piperidine rings is 1. The second kappa shape index (κ2) is 4.07. The molecule has 0 saturated carbocycles. The van der Waals surface area contributed by atoms with Crippen molar-refractivity contribution in [1.82, 2.24) is 5.32 Å². The van der Waals surface area contributed by atoms with Crippen molar-refractivity contribution in [2.24, 2.45) is 0 Å². The van der Waals surface area contributed by atoms with Gasteiger partial charge in [-0.25, -0.2) is 0 Å². The van der Waals surface area contributed by atoms with Crippen LogP contribution >= 0.6 is 0 Å². The molecule has 2 aliphatic heterocycles. The molecule has 0 radical (unpaired) electrons. The topological polar surface area (TPSA) is 41.5 Å². The van der Waals surface area contributed by atoms with E-state index >= 15 is 0 Å². The van der Waals surface area contributed by atoms with E-state index in [4.69, 9.17) is 4.74 Å². The van der Waals surface area contributed by atoms with Crippen LogP contribution in [0, 0.1) is 0 Å². The molecule has 1 unspecified atom stereocenters. The van der Waals surface area contributed by atoms with Crippen LogP contribution in [-0.4, -0.2) is 11.7 Å². The zero-order valence-corrected chi connectivity index (χ0v) is 9.33. The molecule has 0 aliphatic carbocycles. The van der Waals surface area contributed by atoms with E-state index in [9.17, 15) is 5.11 Å². The van der Waals surface area contributed by atoms with Gasteiger partial charge in [-0.2, -0.15) is 0 Å². The van der Waals surface area contributed by atoms with Gasteiger partial charge < -0.3 is 15.2 Å². The number of rotatable bonds is 1. The lowest BCUT2D eigenvalue weighted by atomic mass is 9.91. The van der Waals surface area contributed by atoms with Crippen molar-refractivity contribution in [2.45, 2.75) is 38.5 Å². The molecule has 2 heterocycles. The molecule has 0 amide bonds. The monoisotopic (exact) mass is 219 g/mol. The molecule has 16 heavy (non-hydrogen) atoms. The minimum Gasteiger partial charge on any atom is -0.508 e. The Morgan fingerprint density at radius 2 is 2.19 bits per heavy atom. The Kier molecular flexibility index (Phi) is 2.58. The Bertz CT molecular complexity index is 397. The van der Waals surface area contributed by atoms with Gasteiger partial charge in [-0.15, -0.1) is 0 Å². The van der Waals surface area contributed by atoms with Gasteiger partial charge in [0.1, 0.15) is 5.75 Å². The van der Waals surface area contributed by atoms with Crippen molar-refractivity contribution < 1.29 is 9.84 Å². The standard InChI is InChI=1S/C13H17NO2/c15-12-5-4-9-7-16-8-10(9)13(12)11-3-1-2-6-14-11/h4-5,11,14-15H,1-3,6-8H2. The highest BCUT2D eigenvalue weighted by molar-refractivity contribution is 5.47. The molecule has 3 nitrogen and oxygen atoms in total. The second-order valence-electron chi connectivity index (χ2n) is 4.63. The summed E-state index contributed by atoms with van der Waals surface area (Å²) in [5.74, 6) is 0.420. The Morgan fingerprint density at radius 3 is 3.00 bits per heavy atom. The molecule has 2 aliphatic rings. The molecule has 1 aromatic rings. The van der Waals surface area contributed by atoms with Crippen LogP contribution in [0.15, 0.2) is 12.1 Å². The lowest BCUT2D eigenvalue weighted by molar-refractivity contribution is 0.134. The molecular formula is C13H17NO2. The zero-order valence-electron chi connectivity index (χ0n) is 9.33. The molecule has 0 spiro atoms. The summed E-state index contributed by atoms with van der Waals surface area (Å²) in [5.41, 5.74) is 3.52. The van der Waals surface area contributed by atoms with E-state index in [0.717, 1.165) is 18.5 Å². The van der Waals surface area contributed by atoms with E-state index in [-0.39, 0.29) is 0 Å². The molecule has 2 N–H and O–H groups in total. The average molecular weight is 219 g/mol. The van der Waals surface area contributed by atoms with E-state index in [2.05, 4.69) is 5.32 Å². The number of benzene rings is 1. The van der Waals surface area contributed by atoms with Crippen LogP contribution in [0.1, 0.15) is 42.0 Å². The van der Waals surface area contributed by atoms with Crippen LogP contribution in [0.5, 0.6) is 5.75 Å². The first-order chi connectivity index (χ1) is 7.86. The quantitative estimate of drug-likeness (QED) is 0.761. The lowest BCUT2D eigenvalue weighted by Gasteiger charge is -2.26. The lowest BCUT2D eigenvalue weighted by Crippen LogP contribution is -2.27. The number of ether oxygens (including phenoxy) is 1. The Hall–Kier alpha value is -1.06. The number of aromatic hydroxyl groups is 1. The number of hydrogen-bond donors (Lipinski definition) is 2. The van der Waals surface area contributed by atoms with Gasteiger partial charge in [0.15, 0.2) is 0 Å². The highest BCUT2D eigenvalue weighted by atomic mass is 16.5. The van der Waals surface area contributed by atoms with Crippen molar-refractivity contribution in [1.29, 1.82) is 0 Å². The maximum Gasteiger partial charge on any atom is 0.120 e. The summed E-state index contributed by atoms with van der Waals surface area (Å²) in [4.78, 5) is 0. The van der Waals surface area contributed by atoms with Gasteiger partial charge in [-0.3, -0.25) is 0 Å². The number of phenols is 1. The minimum atomic E-state index is 0.311. The largest absolute Gasteiger partial charge is 0.508 e. The first-order valence-electron chi connectivity index (χ1n) is 6.01. The number of hydrogen-bond acceptors (Lipinski definition) is 3. The molecule has 1 aromatic carbocycles. The summed E-state index contributed by atoms with van der Waals surface area (Å²) in [5, 5.41) is 13.5. The van der Waals surface area contributed by atoms with E-state index in [0.29, 0.717) is 25.0 Å². The highest BCUT2D eigenvalue weighted by Crippen LogP contribution is 2.37. The molecule has 1 saturated heterocycles. The average Bonchev–Trinajstić information content (AvgIpc) is 2.78. The molecule has 1 fully saturated rings. The fourth-order valence-corrected chi connectivity index (χ4v) is 2.75. The summed E-state index contributed by atoms with van der Waals surface area (Å²) in [7, 11) is 0. The summed E-state index contributed by atoms with van der Waals surface area (Å²) < 4.78 is 5.46. The Balaban J connectivity index is 2.01. The van der Waals surface area contributed by atoms with Crippen molar-refractivity contribution in [2.75, 3.05) is 6.54 Å². The fourth-order valence-electron chi connectivity index (χ4n) is 2.75. The first kappa shape index (κ1) is 10.1. The Labute approximate surface area is 95.4 Å². The van der Waals surface area contributed by atoms with Crippen LogP contribution in [-0.2, 0) is 18.0 Å². The summed E-state index contributed by atoms with van der Waals surface area (Å²) in [6.45, 7) is 2.39. The molecular weight excluding hydrogens is 202 g/mol. The number of phenolic OH excluding ortho intramolecular Hbond substituents is 1. The van der Waals surface area contributed by atoms with Gasteiger partial charge in [0.2, 0.25) is 0 Å². The van der Waals surface area contributed by atoms with Crippen LogP contribution in [0.3, 0.4) is 0 Å². The maximum absolute atomic E-state index is 10.0. The Morgan fingerprint density at radius 1 is 1.25 bits per heavy atom. The van der Waals surface area contributed by atoms with E-state index in [1.165, 1.54) is 24.0 Å². The SMILES string of the molecule is Oc1ccc2c(c1C1CCCCN1)COC2. The van der Waals surface area contributed by atoms with E-state index in [1.54, 1.807) is 6.07 Å². The van der Waals surface area contributed by atoms with Crippen molar-refractivity contribution in [3.63, 3.8) is 0 Å². The van der Waals surface area contributed by atoms with Gasteiger partial charge in [-0.1, -0.05) is 12.5 Å². The van der Waals surface area contributed by atoms with Crippen molar-refractivity contribution in [3.05, 3.63) is 28.8 Å². The summed E-state index contributed by atoms with van der Waals surface area (Å²) in [6, 6.07) is 4.09. The van der Waals surface area contributed by atoms with Crippen LogP contribution in [0.25, 0.3) is 0 Å². The number of nitrogens with one attached hydrogen (secondary N) is 1. The molecule has 86 valence electrons. The third-order valence-corrected chi connectivity index (χ3v) is 3.59. The second-order valence-corrected chi connectivity index (χ2v) is 4.63. The predicted molar refractivity (Wildman–Crippen MR) is 61.2 cm³/mol. The van der Waals surface area contributed by atoms with Crippen molar-refractivity contribution >= 4 is 0 Å². The zero-order chi connectivity index (χ0) is 11.0. The predicted octanol–water partition coefficient (Wildman–Crippen LogP) is 2.24. The van der Waals surface area contributed by atoms with Crippen LogP contribution in [0.4, 0.5) is 0 Å². The first-order valence-corrected chi connectivity index (χ1v) is 6.01. The summed E-state index contributed by atoms with van der Waals surface area (Å²) >= 11 is 0. The van der Waals surface area contributed by atoms with Crippen molar-refractivity contribution in [3.8, 4) is 5.75 Å². The molecule has 1 atom stereocenters. The summed E-state index contributed by atoms with van der Waals surface area (Å²) in [6.07, 6.45) is 3.59. The smallest absolute Gasteiger partial charge is 0.120 e. The van der Waals surface area contributed by atoms with E-state index < -0.39 is 0 Å². The molecule has 3 heteroatoms. The van der Waals surface area contributed by atoms with Gasteiger partial charge in [0, 0.05) is 11.6 Å². The maximum atomic E-state index is 10.0. The number of fused-ring (bicyclic) bond motifs is 1. The van der Waals surface area contributed by atoms with Crippen LogP contribution in [0.2, 0.25) is 0 Å². The normalized spacial score (nSPS) is 24.4. The third-order valence-electron chi connectivity index (χ3n) is 3.59. The molecule has 0 bridgehead atoms. The fraction of sp³-hybridized carbons (Fsp3) is 0.538. The molecule has 3 rings (SSSR count). The van der Waals surface area contributed by atoms with Gasteiger partial charge in [-0.05, 0) is 36.6 Å². The van der Waals surface area contributed by atoms with Gasteiger partial charge >= 0.3 is 0 Å². The third kappa shape index (κ3) is 1.60. The van der Waals surface area contributed by atoms with Gasteiger partial charge in [0.05, 0.1) is 13.2 Å².